The van der Waals surface area contributed by atoms with Gasteiger partial charge < -0.3 is 10.3 Å². The van der Waals surface area contributed by atoms with Crippen LogP contribution in [-0.2, 0) is 9.09 Å². The van der Waals surface area contributed by atoms with E-state index in [2.05, 4.69) is 19.6 Å². The molecule has 0 aliphatic carbocycles. The van der Waals surface area contributed by atoms with E-state index in [1.54, 1.807) is 0 Å². The van der Waals surface area contributed by atoms with Gasteiger partial charge in [-0.1, -0.05) is 13.3 Å². The first kappa shape index (κ1) is 13.5. The van der Waals surface area contributed by atoms with Crippen molar-refractivity contribution >= 4 is 20.7 Å². The molecule has 3 nitrogen and oxygen atoms in total. The molecule has 0 fully saturated rings. The van der Waals surface area contributed by atoms with Gasteiger partial charge in [-0.2, -0.15) is 12.6 Å². The molecule has 0 amide bonds. The Balaban J connectivity index is 3.79. The van der Waals surface area contributed by atoms with Gasteiger partial charge in [0.2, 0.25) is 0 Å². The molecule has 2 N–H and O–H groups in total. The Morgan fingerprint density at radius 3 is 2.54 bits per heavy atom. The van der Waals surface area contributed by atoms with Crippen LogP contribution in [0.1, 0.15) is 33.6 Å². The van der Waals surface area contributed by atoms with Crippen molar-refractivity contribution in [3.63, 3.8) is 0 Å². The fraction of sp³-hybridized carbons (Fsp3) is 1.00. The van der Waals surface area contributed by atoms with Gasteiger partial charge in [-0.15, -0.1) is 0 Å². The van der Waals surface area contributed by atoms with E-state index in [-0.39, 0.29) is 0 Å². The SMILES string of the molecule is CCCC[PH](=O)OC(N)C(C)(C)S. The molecule has 0 saturated heterocycles. The normalized spacial score (nSPS) is 17.0. The summed E-state index contributed by atoms with van der Waals surface area (Å²) >= 11 is 4.24. The van der Waals surface area contributed by atoms with Crippen LogP contribution in [-0.4, -0.2) is 17.1 Å². The largest absolute Gasteiger partial charge is 0.310 e. The van der Waals surface area contributed by atoms with Crippen LogP contribution >= 0.6 is 20.7 Å². The van der Waals surface area contributed by atoms with E-state index < -0.39 is 19.0 Å². The van der Waals surface area contributed by atoms with Gasteiger partial charge >= 0.3 is 0 Å². The lowest BCUT2D eigenvalue weighted by Crippen LogP contribution is -2.39. The molecule has 0 aliphatic heterocycles. The minimum Gasteiger partial charge on any atom is -0.310 e. The van der Waals surface area contributed by atoms with Crippen molar-refractivity contribution < 1.29 is 9.09 Å². The molecular formula is C8H20NO2PS. The standard InChI is InChI=1S/C8H20NO2PS/c1-4-5-6-12(10)11-7(9)8(2,3)13/h7,12-13H,4-6,9H2,1-3H3. The van der Waals surface area contributed by atoms with E-state index in [0.29, 0.717) is 6.16 Å². The monoisotopic (exact) mass is 225 g/mol. The number of hydrogen-bond donors (Lipinski definition) is 2. The maximum absolute atomic E-state index is 11.3. The van der Waals surface area contributed by atoms with Gasteiger partial charge in [-0.3, -0.25) is 4.57 Å². The van der Waals surface area contributed by atoms with Crippen molar-refractivity contribution in [2.45, 2.75) is 44.6 Å². The molecule has 0 rings (SSSR count). The van der Waals surface area contributed by atoms with Crippen molar-refractivity contribution in [1.29, 1.82) is 0 Å². The highest BCUT2D eigenvalue weighted by Crippen LogP contribution is 2.29. The highest BCUT2D eigenvalue weighted by molar-refractivity contribution is 7.81. The van der Waals surface area contributed by atoms with E-state index in [0.717, 1.165) is 12.8 Å². The zero-order valence-corrected chi connectivity index (χ0v) is 10.4. The van der Waals surface area contributed by atoms with Crippen molar-refractivity contribution in [1.82, 2.24) is 0 Å². The van der Waals surface area contributed by atoms with E-state index in [4.69, 9.17) is 10.3 Å². The molecule has 13 heavy (non-hydrogen) atoms. The lowest BCUT2D eigenvalue weighted by Gasteiger charge is -2.25. The quantitative estimate of drug-likeness (QED) is 0.414. The zero-order chi connectivity index (χ0) is 10.5. The van der Waals surface area contributed by atoms with Crippen LogP contribution in [0.3, 0.4) is 0 Å². The lowest BCUT2D eigenvalue weighted by molar-refractivity contribution is 0.188. The van der Waals surface area contributed by atoms with Crippen LogP contribution in [0.15, 0.2) is 0 Å². The molecule has 0 radical (unpaired) electrons. The highest BCUT2D eigenvalue weighted by Gasteiger charge is 2.23. The molecular weight excluding hydrogens is 205 g/mol. The van der Waals surface area contributed by atoms with Crippen molar-refractivity contribution in [3.05, 3.63) is 0 Å². The molecule has 0 aromatic carbocycles. The Hall–Kier alpha value is 0.500. The fourth-order valence-electron chi connectivity index (χ4n) is 0.666. The van der Waals surface area contributed by atoms with E-state index in [1.807, 2.05) is 13.8 Å². The third-order valence-corrected chi connectivity index (χ3v) is 3.22. The summed E-state index contributed by atoms with van der Waals surface area (Å²) in [6.07, 6.45) is 2.02. The van der Waals surface area contributed by atoms with Crippen molar-refractivity contribution in [3.8, 4) is 0 Å². The molecule has 2 atom stereocenters. The Morgan fingerprint density at radius 1 is 1.62 bits per heavy atom. The lowest BCUT2D eigenvalue weighted by atomic mass is 10.2. The Bertz CT molecular complexity index is 170. The van der Waals surface area contributed by atoms with E-state index in [9.17, 15) is 4.57 Å². The average molecular weight is 225 g/mol. The Labute approximate surface area is 86.7 Å². The van der Waals surface area contributed by atoms with Crippen LogP contribution in [0.25, 0.3) is 0 Å². The molecule has 0 heterocycles. The highest BCUT2D eigenvalue weighted by atomic mass is 32.1. The summed E-state index contributed by atoms with van der Waals surface area (Å²) in [5, 5.41) is 0. The zero-order valence-electron chi connectivity index (χ0n) is 8.54. The van der Waals surface area contributed by atoms with Crippen molar-refractivity contribution in [2.24, 2.45) is 5.73 Å². The van der Waals surface area contributed by atoms with Crippen LogP contribution in [0.5, 0.6) is 0 Å². The molecule has 80 valence electrons. The minimum absolute atomic E-state index is 0.438. The second kappa shape index (κ2) is 6.07. The fourth-order valence-corrected chi connectivity index (χ4v) is 2.16. The van der Waals surface area contributed by atoms with Gasteiger partial charge in [0.1, 0.15) is 6.23 Å². The molecule has 0 bridgehead atoms. The summed E-state index contributed by atoms with van der Waals surface area (Å²) in [4.78, 5) is 0. The number of hydrogen-bond acceptors (Lipinski definition) is 4. The number of unbranched alkanes of at least 4 members (excludes halogenated alkanes) is 1. The van der Waals surface area contributed by atoms with Gasteiger partial charge in [-0.25, -0.2) is 0 Å². The summed E-state index contributed by atoms with van der Waals surface area (Å²) in [7, 11) is -1.96. The second-order valence-corrected chi connectivity index (χ2v) is 6.30. The summed E-state index contributed by atoms with van der Waals surface area (Å²) in [5.41, 5.74) is 5.65. The summed E-state index contributed by atoms with van der Waals surface area (Å²) in [5.74, 6) is 0. The van der Waals surface area contributed by atoms with Crippen LogP contribution in [0, 0.1) is 0 Å². The third kappa shape index (κ3) is 6.55. The maximum atomic E-state index is 11.3. The van der Waals surface area contributed by atoms with Crippen LogP contribution < -0.4 is 5.73 Å². The number of rotatable bonds is 6. The average Bonchev–Trinajstić information content (AvgIpc) is 1.99. The van der Waals surface area contributed by atoms with Crippen LogP contribution in [0.2, 0.25) is 0 Å². The molecule has 0 aromatic rings. The smallest absolute Gasteiger partial charge is 0.193 e. The Morgan fingerprint density at radius 2 is 2.15 bits per heavy atom. The predicted octanol–water partition coefficient (Wildman–Crippen LogP) is 2.27. The van der Waals surface area contributed by atoms with Gasteiger partial charge in [0.15, 0.2) is 8.03 Å². The molecule has 0 aliphatic rings. The van der Waals surface area contributed by atoms with E-state index >= 15 is 0 Å². The van der Waals surface area contributed by atoms with Gasteiger partial charge in [-0.05, 0) is 20.3 Å². The predicted molar refractivity (Wildman–Crippen MR) is 60.9 cm³/mol. The van der Waals surface area contributed by atoms with E-state index in [1.165, 1.54) is 0 Å². The summed E-state index contributed by atoms with van der Waals surface area (Å²) < 4.78 is 16.0. The second-order valence-electron chi connectivity index (χ2n) is 3.67. The molecule has 0 saturated carbocycles. The molecule has 5 heteroatoms. The molecule has 0 spiro atoms. The van der Waals surface area contributed by atoms with Gasteiger partial charge in [0, 0.05) is 10.9 Å². The molecule has 2 unspecified atom stereocenters. The van der Waals surface area contributed by atoms with Crippen molar-refractivity contribution in [2.75, 3.05) is 6.16 Å². The summed E-state index contributed by atoms with van der Waals surface area (Å²) in [6, 6.07) is 0. The van der Waals surface area contributed by atoms with Gasteiger partial charge in [0.05, 0.1) is 0 Å². The number of nitrogens with two attached hydrogens (primary N) is 1. The third-order valence-electron chi connectivity index (χ3n) is 1.69. The maximum Gasteiger partial charge on any atom is 0.193 e. The summed E-state index contributed by atoms with van der Waals surface area (Å²) in [6.45, 7) is 5.74. The number of thiol groups is 1. The van der Waals surface area contributed by atoms with Crippen LogP contribution in [0.4, 0.5) is 0 Å². The first-order chi connectivity index (χ1) is 5.88. The first-order valence-corrected chi connectivity index (χ1v) is 6.52. The minimum atomic E-state index is -1.96. The van der Waals surface area contributed by atoms with Gasteiger partial charge in [0.25, 0.3) is 0 Å². The Kier molecular flexibility index (Phi) is 6.31. The molecule has 0 aromatic heterocycles. The first-order valence-electron chi connectivity index (χ1n) is 4.55. The topological polar surface area (TPSA) is 52.3 Å².